The molecule has 3 aromatic rings. The maximum atomic E-state index is 14.6. The molecule has 0 heterocycles. The first-order valence-electron chi connectivity index (χ1n) is 15.4. The summed E-state index contributed by atoms with van der Waals surface area (Å²) in [7, 11) is 0. The summed E-state index contributed by atoms with van der Waals surface area (Å²) in [5.41, 5.74) is 0.873. The van der Waals surface area contributed by atoms with E-state index in [9.17, 15) is 31.5 Å². The van der Waals surface area contributed by atoms with Crippen LogP contribution in [0.15, 0.2) is 72.3 Å². The van der Waals surface area contributed by atoms with E-state index in [1.807, 2.05) is 0 Å². The molecule has 1 atom stereocenters. The fourth-order valence-corrected chi connectivity index (χ4v) is 4.69. The number of ether oxygens (including phenoxy) is 2. The number of rotatable bonds is 16. The summed E-state index contributed by atoms with van der Waals surface area (Å²) >= 11 is 0. The Morgan fingerprint density at radius 1 is 0.723 bits per heavy atom. The van der Waals surface area contributed by atoms with Gasteiger partial charge in [-0.3, -0.25) is 9.59 Å². The molecule has 0 bridgehead atoms. The number of unbranched alkanes of at least 4 members (excludes halogenated alkanes) is 6. The summed E-state index contributed by atoms with van der Waals surface area (Å²) in [6, 6.07) is 12.6. The second-order valence-corrected chi connectivity index (χ2v) is 11.0. The zero-order valence-corrected chi connectivity index (χ0v) is 26.3. The number of benzene rings is 3. The molecular formula is C37H36F5NO4. The zero-order chi connectivity index (χ0) is 34.3. The topological polar surface area (TPSA) is 76.4 Å². The summed E-state index contributed by atoms with van der Waals surface area (Å²) in [6.45, 7) is 2.87. The summed E-state index contributed by atoms with van der Waals surface area (Å²) in [4.78, 5) is 24.3. The van der Waals surface area contributed by atoms with Crippen molar-refractivity contribution in [1.29, 1.82) is 5.26 Å². The van der Waals surface area contributed by atoms with E-state index in [0.29, 0.717) is 18.4 Å². The van der Waals surface area contributed by atoms with Gasteiger partial charge in [0.25, 0.3) is 0 Å². The standard InChI is InChI=1S/C37H36F5NO4/c1-24(12-13-27(23-43)25(2)38)30-17-15-28(21-33(30)40)46-36(44)10-8-6-4-3-5-7-9-11-37(45)47-29-16-18-31(34(41)22-29)26-14-19-32(39)35(42)20-26/h12-22,25H,3-11H2,1-2H3/b24-12+,27-13-. The molecule has 0 N–H and O–H groups in total. The normalized spacial score (nSPS) is 12.4. The quantitative estimate of drug-likeness (QED) is 0.0384. The van der Waals surface area contributed by atoms with Crippen LogP contribution in [0.25, 0.3) is 16.7 Å². The highest BCUT2D eigenvalue weighted by molar-refractivity contribution is 5.74. The summed E-state index contributed by atoms with van der Waals surface area (Å²) in [5, 5.41) is 8.94. The fraction of sp³-hybridized carbons (Fsp3) is 0.324. The van der Waals surface area contributed by atoms with Crippen LogP contribution in [-0.2, 0) is 9.59 Å². The molecule has 0 aliphatic rings. The van der Waals surface area contributed by atoms with Crippen molar-refractivity contribution in [2.75, 3.05) is 0 Å². The van der Waals surface area contributed by atoms with Gasteiger partial charge in [-0.1, -0.05) is 44.2 Å². The molecule has 47 heavy (non-hydrogen) atoms. The van der Waals surface area contributed by atoms with Crippen LogP contribution < -0.4 is 9.47 Å². The Kier molecular flexibility index (Phi) is 14.4. The highest BCUT2D eigenvalue weighted by atomic mass is 19.2. The molecule has 3 rings (SSSR count). The SMILES string of the molecule is C/C(=C\C=C(\C#N)C(C)F)c1ccc(OC(=O)CCCCCCCCCC(=O)Oc2ccc(-c3ccc(F)c(F)c3)c(F)c2)cc1F. The Bertz CT molecular complexity index is 1660. The lowest BCUT2D eigenvalue weighted by Gasteiger charge is -2.08. The number of nitrogens with zero attached hydrogens (tertiary/aromatic N) is 1. The van der Waals surface area contributed by atoms with E-state index in [2.05, 4.69) is 0 Å². The van der Waals surface area contributed by atoms with E-state index >= 15 is 0 Å². The lowest BCUT2D eigenvalue weighted by Crippen LogP contribution is -2.08. The Balaban J connectivity index is 1.28. The Morgan fingerprint density at radius 3 is 1.79 bits per heavy atom. The first-order valence-corrected chi connectivity index (χ1v) is 15.4. The van der Waals surface area contributed by atoms with Gasteiger partial charge in [-0.25, -0.2) is 22.0 Å². The van der Waals surface area contributed by atoms with E-state index in [-0.39, 0.29) is 46.6 Å². The van der Waals surface area contributed by atoms with Crippen molar-refractivity contribution in [2.45, 2.75) is 77.8 Å². The van der Waals surface area contributed by atoms with Crippen LogP contribution in [0.2, 0.25) is 0 Å². The van der Waals surface area contributed by atoms with Gasteiger partial charge in [-0.2, -0.15) is 5.26 Å². The van der Waals surface area contributed by atoms with Gasteiger partial charge in [0.05, 0.1) is 11.6 Å². The third-order valence-corrected chi connectivity index (χ3v) is 7.33. The van der Waals surface area contributed by atoms with Crippen LogP contribution in [0, 0.1) is 34.6 Å². The minimum absolute atomic E-state index is 0.0246. The van der Waals surface area contributed by atoms with Gasteiger partial charge in [0.2, 0.25) is 0 Å². The third kappa shape index (κ3) is 11.8. The lowest BCUT2D eigenvalue weighted by atomic mass is 10.0. The van der Waals surface area contributed by atoms with Gasteiger partial charge < -0.3 is 9.47 Å². The number of nitriles is 1. The molecule has 0 saturated heterocycles. The summed E-state index contributed by atoms with van der Waals surface area (Å²) in [5.74, 6) is -4.32. The van der Waals surface area contributed by atoms with Gasteiger partial charge in [-0.15, -0.1) is 0 Å². The molecule has 0 amide bonds. The summed E-state index contributed by atoms with van der Waals surface area (Å²) in [6.07, 6.45) is 7.16. The number of hydrogen-bond donors (Lipinski definition) is 0. The minimum Gasteiger partial charge on any atom is -0.426 e. The van der Waals surface area contributed by atoms with Gasteiger partial charge >= 0.3 is 11.9 Å². The lowest BCUT2D eigenvalue weighted by molar-refractivity contribution is -0.135. The molecule has 0 spiro atoms. The predicted octanol–water partition coefficient (Wildman–Crippen LogP) is 10.1. The molecule has 0 aliphatic carbocycles. The van der Waals surface area contributed by atoms with Crippen molar-refractivity contribution in [3.8, 4) is 28.7 Å². The second kappa shape index (κ2) is 18.4. The Morgan fingerprint density at radius 2 is 1.28 bits per heavy atom. The first-order chi connectivity index (χ1) is 22.5. The molecule has 0 radical (unpaired) electrons. The zero-order valence-electron chi connectivity index (χ0n) is 26.3. The van der Waals surface area contributed by atoms with Gasteiger partial charge in [0.1, 0.15) is 29.3 Å². The predicted molar refractivity (Wildman–Crippen MR) is 169 cm³/mol. The van der Waals surface area contributed by atoms with Crippen LogP contribution in [-0.4, -0.2) is 18.1 Å². The molecule has 5 nitrogen and oxygen atoms in total. The van der Waals surface area contributed by atoms with E-state index in [4.69, 9.17) is 14.7 Å². The van der Waals surface area contributed by atoms with Gasteiger partial charge in [-0.05, 0) is 80.3 Å². The maximum Gasteiger partial charge on any atom is 0.311 e. The number of halogens is 5. The fourth-order valence-electron chi connectivity index (χ4n) is 4.69. The monoisotopic (exact) mass is 653 g/mol. The average molecular weight is 654 g/mol. The van der Waals surface area contributed by atoms with Crippen molar-refractivity contribution >= 4 is 17.5 Å². The van der Waals surface area contributed by atoms with Crippen LogP contribution in [0.3, 0.4) is 0 Å². The van der Waals surface area contributed by atoms with Crippen molar-refractivity contribution in [1.82, 2.24) is 0 Å². The molecule has 1 unspecified atom stereocenters. The van der Waals surface area contributed by atoms with Crippen LogP contribution in [0.1, 0.15) is 77.2 Å². The first kappa shape index (κ1) is 36.7. The van der Waals surface area contributed by atoms with Crippen molar-refractivity contribution in [3.63, 3.8) is 0 Å². The molecule has 248 valence electrons. The highest BCUT2D eigenvalue weighted by Gasteiger charge is 2.13. The van der Waals surface area contributed by atoms with Crippen molar-refractivity contribution in [3.05, 3.63) is 101 Å². The van der Waals surface area contributed by atoms with E-state index in [1.165, 1.54) is 49.4 Å². The number of alkyl halides is 1. The molecule has 10 heteroatoms. The molecule has 0 fully saturated rings. The van der Waals surface area contributed by atoms with Crippen LogP contribution in [0.4, 0.5) is 22.0 Å². The molecule has 0 saturated carbocycles. The van der Waals surface area contributed by atoms with E-state index < -0.39 is 41.4 Å². The van der Waals surface area contributed by atoms with Gasteiger partial charge in [0.15, 0.2) is 11.6 Å². The van der Waals surface area contributed by atoms with Crippen molar-refractivity contribution < 1.29 is 41.0 Å². The van der Waals surface area contributed by atoms with Crippen LogP contribution >= 0.6 is 0 Å². The van der Waals surface area contributed by atoms with E-state index in [1.54, 1.807) is 13.0 Å². The molecule has 0 aromatic heterocycles. The smallest absolute Gasteiger partial charge is 0.311 e. The Hall–Kier alpha value is -4.78. The largest absolute Gasteiger partial charge is 0.426 e. The number of carbonyl (C=O) groups excluding carboxylic acids is 2. The minimum atomic E-state index is -1.43. The van der Waals surface area contributed by atoms with E-state index in [0.717, 1.165) is 56.4 Å². The second-order valence-electron chi connectivity index (χ2n) is 11.0. The third-order valence-electron chi connectivity index (χ3n) is 7.33. The molecule has 0 aliphatic heterocycles. The number of allylic oxidation sites excluding steroid dienone is 4. The number of hydrogen-bond acceptors (Lipinski definition) is 5. The highest BCUT2D eigenvalue weighted by Crippen LogP contribution is 2.28. The maximum absolute atomic E-state index is 14.6. The molecule has 3 aromatic carbocycles. The Labute approximate surface area is 271 Å². The number of carbonyl (C=O) groups is 2. The summed E-state index contributed by atoms with van der Waals surface area (Å²) < 4.78 is 79.5. The van der Waals surface area contributed by atoms with Crippen LogP contribution in [0.5, 0.6) is 11.5 Å². The average Bonchev–Trinajstić information content (AvgIpc) is 3.02. The number of esters is 2. The molecular weight excluding hydrogens is 617 g/mol. The van der Waals surface area contributed by atoms with Gasteiger partial charge in [0, 0.05) is 36.1 Å². The van der Waals surface area contributed by atoms with Crippen molar-refractivity contribution in [2.24, 2.45) is 0 Å².